The molecule has 0 aromatic carbocycles. The molecule has 0 radical (unpaired) electrons. The largest absolute Gasteiger partial charge is 0.481 e. The van der Waals surface area contributed by atoms with Crippen LogP contribution in [0.25, 0.3) is 11.0 Å². The van der Waals surface area contributed by atoms with Gasteiger partial charge in [0.05, 0.1) is 6.42 Å². The van der Waals surface area contributed by atoms with Gasteiger partial charge < -0.3 is 10.1 Å². The highest BCUT2D eigenvalue weighted by Crippen LogP contribution is 2.26. The normalized spacial score (nSPS) is 12.9. The first-order valence-electron chi connectivity index (χ1n) is 4.82. The van der Waals surface area contributed by atoms with Gasteiger partial charge in [-0.3, -0.25) is 4.79 Å². The Morgan fingerprint density at radius 2 is 2.47 bits per heavy atom. The Bertz CT molecular complexity index is 490. The van der Waals surface area contributed by atoms with Crippen LogP contribution in [0.1, 0.15) is 24.8 Å². The average Bonchev–Trinajstić information content (AvgIpc) is 2.59. The lowest BCUT2D eigenvalue weighted by molar-refractivity contribution is -0.137. The number of hydrogen-bond donors (Lipinski definition) is 2. The molecule has 0 aliphatic heterocycles. The number of pyridine rings is 1. The van der Waals surface area contributed by atoms with Gasteiger partial charge in [0, 0.05) is 17.8 Å². The second-order valence-corrected chi connectivity index (χ2v) is 3.64. The summed E-state index contributed by atoms with van der Waals surface area (Å²) >= 11 is 0. The van der Waals surface area contributed by atoms with Crippen LogP contribution in [0.5, 0.6) is 0 Å². The molecular weight excluding hydrogens is 192 g/mol. The Morgan fingerprint density at radius 3 is 3.20 bits per heavy atom. The minimum Gasteiger partial charge on any atom is -0.481 e. The summed E-state index contributed by atoms with van der Waals surface area (Å²) in [5.41, 5.74) is 1.82. The zero-order valence-electron chi connectivity index (χ0n) is 8.40. The highest BCUT2D eigenvalue weighted by molar-refractivity contribution is 5.81. The molecule has 2 N–H and O–H groups in total. The van der Waals surface area contributed by atoms with Gasteiger partial charge in [-0.1, -0.05) is 6.92 Å². The molecule has 0 saturated carbocycles. The predicted octanol–water partition coefficient (Wildman–Crippen LogP) is 2.14. The molecule has 0 aliphatic rings. The first kappa shape index (κ1) is 9.71. The van der Waals surface area contributed by atoms with Crippen molar-refractivity contribution in [1.82, 2.24) is 9.97 Å². The minimum absolute atomic E-state index is 0.000417. The van der Waals surface area contributed by atoms with Gasteiger partial charge in [0.25, 0.3) is 0 Å². The van der Waals surface area contributed by atoms with Crippen LogP contribution >= 0.6 is 0 Å². The third-order valence-electron chi connectivity index (χ3n) is 2.49. The zero-order valence-corrected chi connectivity index (χ0v) is 8.40. The van der Waals surface area contributed by atoms with Crippen molar-refractivity contribution in [3.8, 4) is 0 Å². The lowest BCUT2D eigenvalue weighted by atomic mass is 9.98. The van der Waals surface area contributed by atoms with Gasteiger partial charge in [0.2, 0.25) is 0 Å². The molecule has 2 rings (SSSR count). The monoisotopic (exact) mass is 204 g/mol. The molecule has 2 aromatic rings. The molecule has 0 saturated heterocycles. The van der Waals surface area contributed by atoms with Gasteiger partial charge in [-0.2, -0.15) is 0 Å². The first-order chi connectivity index (χ1) is 7.18. The molecule has 1 atom stereocenters. The summed E-state index contributed by atoms with van der Waals surface area (Å²) in [4.78, 5) is 17.8. The fourth-order valence-electron chi connectivity index (χ4n) is 1.76. The van der Waals surface area contributed by atoms with Crippen molar-refractivity contribution in [2.75, 3.05) is 0 Å². The summed E-state index contributed by atoms with van der Waals surface area (Å²) in [6, 6.07) is 3.81. The maximum atomic E-state index is 10.6. The molecule has 0 bridgehead atoms. The Hall–Kier alpha value is -1.84. The predicted molar refractivity (Wildman–Crippen MR) is 56.8 cm³/mol. The second-order valence-electron chi connectivity index (χ2n) is 3.64. The van der Waals surface area contributed by atoms with E-state index in [4.69, 9.17) is 5.11 Å². The lowest BCUT2D eigenvalue weighted by Gasteiger charge is -2.06. The Morgan fingerprint density at radius 1 is 1.67 bits per heavy atom. The number of carbonyl (C=O) groups is 1. The fourth-order valence-corrected chi connectivity index (χ4v) is 1.76. The van der Waals surface area contributed by atoms with Crippen LogP contribution in [0.4, 0.5) is 0 Å². The SMILES string of the molecule is C[C@@H](CC(=O)O)c1c[nH]c2ncccc12. The van der Waals surface area contributed by atoms with Gasteiger partial charge in [-0.05, 0) is 23.6 Å². The van der Waals surface area contributed by atoms with Crippen molar-refractivity contribution in [2.24, 2.45) is 0 Å². The molecular formula is C11H12N2O2. The number of carboxylic acid groups (broad SMARTS) is 1. The lowest BCUT2D eigenvalue weighted by Crippen LogP contribution is -2.02. The summed E-state index contributed by atoms with van der Waals surface area (Å²) in [5, 5.41) is 9.73. The molecule has 2 heterocycles. The maximum absolute atomic E-state index is 10.6. The summed E-state index contributed by atoms with van der Waals surface area (Å²) in [6.45, 7) is 1.91. The van der Waals surface area contributed by atoms with Crippen LogP contribution in [0.3, 0.4) is 0 Å². The van der Waals surface area contributed by atoms with Gasteiger partial charge in [-0.15, -0.1) is 0 Å². The van der Waals surface area contributed by atoms with Crippen molar-refractivity contribution in [1.29, 1.82) is 0 Å². The summed E-state index contributed by atoms with van der Waals surface area (Å²) in [7, 11) is 0. The van der Waals surface area contributed by atoms with Crippen LogP contribution in [0.15, 0.2) is 24.5 Å². The number of nitrogens with one attached hydrogen (secondary N) is 1. The van der Waals surface area contributed by atoms with Crippen molar-refractivity contribution < 1.29 is 9.90 Å². The first-order valence-corrected chi connectivity index (χ1v) is 4.82. The van der Waals surface area contributed by atoms with E-state index < -0.39 is 5.97 Å². The maximum Gasteiger partial charge on any atom is 0.303 e. The number of fused-ring (bicyclic) bond motifs is 1. The molecule has 0 fully saturated rings. The van der Waals surface area contributed by atoms with Crippen LogP contribution in [0.2, 0.25) is 0 Å². The van der Waals surface area contributed by atoms with Crippen LogP contribution < -0.4 is 0 Å². The molecule has 0 aliphatic carbocycles. The Labute approximate surface area is 87.0 Å². The fraction of sp³-hybridized carbons (Fsp3) is 0.273. The molecule has 15 heavy (non-hydrogen) atoms. The highest BCUT2D eigenvalue weighted by atomic mass is 16.4. The van der Waals surface area contributed by atoms with E-state index >= 15 is 0 Å². The molecule has 4 nitrogen and oxygen atoms in total. The number of aromatic amines is 1. The summed E-state index contributed by atoms with van der Waals surface area (Å²) in [5.74, 6) is -0.777. The van der Waals surface area contributed by atoms with Gasteiger partial charge >= 0.3 is 5.97 Å². The number of nitrogens with zero attached hydrogens (tertiary/aromatic N) is 1. The quantitative estimate of drug-likeness (QED) is 0.804. The number of hydrogen-bond acceptors (Lipinski definition) is 2. The van der Waals surface area contributed by atoms with Gasteiger partial charge in [-0.25, -0.2) is 4.98 Å². The molecule has 4 heteroatoms. The number of aromatic nitrogens is 2. The van der Waals surface area contributed by atoms with E-state index in [0.717, 1.165) is 16.6 Å². The highest BCUT2D eigenvalue weighted by Gasteiger charge is 2.14. The topological polar surface area (TPSA) is 66.0 Å². The van der Waals surface area contributed by atoms with Crippen molar-refractivity contribution in [3.63, 3.8) is 0 Å². The second kappa shape index (κ2) is 3.73. The molecule has 2 aromatic heterocycles. The summed E-state index contributed by atoms with van der Waals surface area (Å²) < 4.78 is 0. The molecule has 0 unspecified atom stereocenters. The molecule has 78 valence electrons. The van der Waals surface area contributed by atoms with E-state index in [9.17, 15) is 4.79 Å². The van der Waals surface area contributed by atoms with Gasteiger partial charge in [0.1, 0.15) is 5.65 Å². The van der Waals surface area contributed by atoms with Crippen molar-refractivity contribution in [2.45, 2.75) is 19.3 Å². The molecule has 0 amide bonds. The third kappa shape index (κ3) is 1.83. The average molecular weight is 204 g/mol. The Balaban J connectivity index is 2.39. The van der Waals surface area contributed by atoms with E-state index in [1.807, 2.05) is 25.3 Å². The van der Waals surface area contributed by atoms with E-state index in [2.05, 4.69) is 9.97 Å². The van der Waals surface area contributed by atoms with Crippen LogP contribution in [-0.4, -0.2) is 21.0 Å². The van der Waals surface area contributed by atoms with Crippen LogP contribution in [-0.2, 0) is 4.79 Å². The number of carboxylic acids is 1. The number of H-pyrrole nitrogens is 1. The van der Waals surface area contributed by atoms with Crippen LogP contribution in [0, 0.1) is 0 Å². The van der Waals surface area contributed by atoms with E-state index in [1.54, 1.807) is 6.20 Å². The van der Waals surface area contributed by atoms with E-state index in [1.165, 1.54) is 0 Å². The standard InChI is InChI=1S/C11H12N2O2/c1-7(5-10(14)15)9-6-13-11-8(9)3-2-4-12-11/h2-4,6-7H,5H2,1H3,(H,12,13)(H,14,15)/t7-/m0/s1. The smallest absolute Gasteiger partial charge is 0.303 e. The number of rotatable bonds is 3. The van der Waals surface area contributed by atoms with E-state index in [0.29, 0.717) is 0 Å². The van der Waals surface area contributed by atoms with Crippen molar-refractivity contribution >= 4 is 17.0 Å². The van der Waals surface area contributed by atoms with Gasteiger partial charge in [0.15, 0.2) is 0 Å². The van der Waals surface area contributed by atoms with Crippen molar-refractivity contribution in [3.05, 3.63) is 30.1 Å². The van der Waals surface area contributed by atoms with E-state index in [-0.39, 0.29) is 12.3 Å². The summed E-state index contributed by atoms with van der Waals surface area (Å²) in [6.07, 6.45) is 3.69. The third-order valence-corrected chi connectivity index (χ3v) is 2.49. The number of aliphatic carboxylic acids is 1. The molecule has 0 spiro atoms. The Kier molecular flexibility index (Phi) is 2.41. The zero-order chi connectivity index (χ0) is 10.8. The minimum atomic E-state index is -0.777.